The third-order valence-electron chi connectivity index (χ3n) is 4.50. The summed E-state index contributed by atoms with van der Waals surface area (Å²) in [6.07, 6.45) is 0.943. The molecule has 4 N–H and O–H groups in total. The largest absolute Gasteiger partial charge is 0.434 e. The zero-order valence-corrected chi connectivity index (χ0v) is 14.2. The minimum atomic E-state index is -0.601. The van der Waals surface area contributed by atoms with Crippen molar-refractivity contribution in [2.45, 2.75) is 12.3 Å². The van der Waals surface area contributed by atoms with Crippen LogP contribution in [0, 0.1) is 0 Å². The number of hydrogen-bond donors (Lipinski definition) is 3. The summed E-state index contributed by atoms with van der Waals surface area (Å²) in [5.41, 5.74) is 8.76. The second-order valence-electron chi connectivity index (χ2n) is 6.35. The first-order chi connectivity index (χ1) is 12.7. The number of anilines is 2. The third kappa shape index (κ3) is 3.32. The molecule has 4 rings (SSSR count). The van der Waals surface area contributed by atoms with Gasteiger partial charge in [-0.15, -0.1) is 0 Å². The highest BCUT2D eigenvalue weighted by atomic mass is 16.4. The van der Waals surface area contributed by atoms with E-state index in [-0.39, 0.29) is 11.7 Å². The number of carbonyl (C=O) groups excluding carboxylic acids is 1. The molecule has 1 saturated heterocycles. The van der Waals surface area contributed by atoms with Crippen LogP contribution < -0.4 is 16.4 Å². The number of carbonyl (C=O) groups is 1. The number of para-hydroxylation sites is 1. The number of hydrogen-bond acceptors (Lipinski definition) is 5. The van der Waals surface area contributed by atoms with Crippen molar-refractivity contribution in [1.82, 2.24) is 10.3 Å². The lowest BCUT2D eigenvalue weighted by atomic mass is 10.1. The molecule has 26 heavy (non-hydrogen) atoms. The number of primary amides is 1. The molecular formula is C20H20N4O2. The van der Waals surface area contributed by atoms with Crippen LogP contribution in [0.25, 0.3) is 11.3 Å². The lowest BCUT2D eigenvalue weighted by Gasteiger charge is -2.07. The molecule has 1 aliphatic rings. The first-order valence-electron chi connectivity index (χ1n) is 8.64. The smallest absolute Gasteiger partial charge is 0.286 e. The number of nitrogens with zero attached hydrogens (tertiary/aromatic N) is 1. The van der Waals surface area contributed by atoms with Gasteiger partial charge in [0.15, 0.2) is 5.89 Å². The quantitative estimate of drug-likeness (QED) is 0.658. The summed E-state index contributed by atoms with van der Waals surface area (Å²) in [6, 6.07) is 17.6. The Labute approximate surface area is 151 Å². The van der Waals surface area contributed by atoms with Crippen LogP contribution in [0.1, 0.15) is 28.8 Å². The fraction of sp³-hybridized carbons (Fsp3) is 0.200. The van der Waals surface area contributed by atoms with E-state index >= 15 is 0 Å². The molecular weight excluding hydrogens is 328 g/mol. The first-order valence-corrected chi connectivity index (χ1v) is 8.64. The summed E-state index contributed by atoms with van der Waals surface area (Å²) < 4.78 is 5.70. The lowest BCUT2D eigenvalue weighted by molar-refractivity contribution is 0.0972. The molecule has 0 spiro atoms. The highest BCUT2D eigenvalue weighted by molar-refractivity contribution is 5.96. The maximum Gasteiger partial charge on any atom is 0.286 e. The van der Waals surface area contributed by atoms with Crippen molar-refractivity contribution in [2.24, 2.45) is 5.73 Å². The topological polar surface area (TPSA) is 93.2 Å². The molecule has 3 aromatic rings. The van der Waals surface area contributed by atoms with Gasteiger partial charge >= 0.3 is 0 Å². The van der Waals surface area contributed by atoms with Crippen molar-refractivity contribution in [3.05, 3.63) is 66.2 Å². The van der Waals surface area contributed by atoms with Crippen LogP contribution in [0.2, 0.25) is 0 Å². The average molecular weight is 348 g/mol. The van der Waals surface area contributed by atoms with Crippen LogP contribution in [0.4, 0.5) is 11.4 Å². The second-order valence-corrected chi connectivity index (χ2v) is 6.35. The highest BCUT2D eigenvalue weighted by Gasteiger charge is 2.26. The molecule has 1 amide bonds. The number of nitrogens with two attached hydrogens (primary N) is 1. The highest BCUT2D eigenvalue weighted by Crippen LogP contribution is 2.30. The fourth-order valence-electron chi connectivity index (χ4n) is 3.14. The number of nitrogens with one attached hydrogen (secondary N) is 2. The summed E-state index contributed by atoms with van der Waals surface area (Å²) in [5.74, 6) is 0.276. The minimum absolute atomic E-state index is 0.121. The van der Waals surface area contributed by atoms with E-state index in [9.17, 15) is 4.79 Å². The van der Waals surface area contributed by atoms with Crippen molar-refractivity contribution in [3.8, 4) is 11.3 Å². The van der Waals surface area contributed by atoms with Crippen molar-refractivity contribution in [2.75, 3.05) is 18.4 Å². The Kier molecular flexibility index (Phi) is 4.41. The molecule has 0 saturated carbocycles. The van der Waals surface area contributed by atoms with Gasteiger partial charge in [0, 0.05) is 29.4 Å². The number of oxazole rings is 1. The van der Waals surface area contributed by atoms with Crippen molar-refractivity contribution in [3.63, 3.8) is 0 Å². The van der Waals surface area contributed by atoms with Crippen molar-refractivity contribution < 1.29 is 9.21 Å². The average Bonchev–Trinajstić information content (AvgIpc) is 3.33. The summed E-state index contributed by atoms with van der Waals surface area (Å²) in [5, 5.41) is 6.60. The van der Waals surface area contributed by atoms with E-state index in [0.717, 1.165) is 36.4 Å². The molecule has 1 aromatic heterocycles. The van der Waals surface area contributed by atoms with Gasteiger partial charge in [0.1, 0.15) is 5.69 Å². The van der Waals surface area contributed by atoms with Gasteiger partial charge in [-0.3, -0.25) is 4.79 Å². The maximum atomic E-state index is 11.8. The second kappa shape index (κ2) is 7.01. The van der Waals surface area contributed by atoms with Crippen molar-refractivity contribution in [1.29, 1.82) is 0 Å². The van der Waals surface area contributed by atoms with Gasteiger partial charge in [-0.1, -0.05) is 30.3 Å². The van der Waals surface area contributed by atoms with Gasteiger partial charge in [-0.05, 0) is 37.2 Å². The van der Waals surface area contributed by atoms with Crippen molar-refractivity contribution >= 4 is 17.3 Å². The van der Waals surface area contributed by atoms with Crippen LogP contribution in [-0.4, -0.2) is 24.0 Å². The molecule has 6 heteroatoms. The van der Waals surface area contributed by atoms with Crippen LogP contribution in [0.15, 0.2) is 59.0 Å². The zero-order valence-electron chi connectivity index (χ0n) is 14.2. The molecule has 132 valence electrons. The molecule has 0 aliphatic carbocycles. The molecule has 1 unspecified atom stereocenters. The van der Waals surface area contributed by atoms with Gasteiger partial charge in [0.25, 0.3) is 5.91 Å². The normalized spacial score (nSPS) is 16.5. The molecule has 0 bridgehead atoms. The van der Waals surface area contributed by atoms with Crippen LogP contribution in [-0.2, 0) is 0 Å². The number of aromatic nitrogens is 1. The third-order valence-corrected chi connectivity index (χ3v) is 4.50. The van der Waals surface area contributed by atoms with E-state index in [2.05, 4.69) is 15.6 Å². The molecule has 1 fully saturated rings. The molecule has 2 aromatic carbocycles. The van der Waals surface area contributed by atoms with E-state index in [0.29, 0.717) is 11.6 Å². The van der Waals surface area contributed by atoms with E-state index in [4.69, 9.17) is 10.2 Å². The zero-order chi connectivity index (χ0) is 17.9. The van der Waals surface area contributed by atoms with Crippen LogP contribution in [0.5, 0.6) is 0 Å². The van der Waals surface area contributed by atoms with Gasteiger partial charge in [0.2, 0.25) is 5.76 Å². The Hall–Kier alpha value is -3.12. The lowest BCUT2D eigenvalue weighted by Crippen LogP contribution is -2.11. The molecule has 0 radical (unpaired) electrons. The summed E-state index contributed by atoms with van der Waals surface area (Å²) in [4.78, 5) is 16.4. The van der Waals surface area contributed by atoms with E-state index in [1.165, 1.54) is 0 Å². The predicted octanol–water partition coefficient (Wildman–Crippen LogP) is 3.26. The Morgan fingerprint density at radius 1 is 1.12 bits per heavy atom. The van der Waals surface area contributed by atoms with Gasteiger partial charge in [-0.25, -0.2) is 4.98 Å². The Morgan fingerprint density at radius 2 is 1.85 bits per heavy atom. The van der Waals surface area contributed by atoms with Gasteiger partial charge in [0.05, 0.1) is 0 Å². The van der Waals surface area contributed by atoms with E-state index < -0.39 is 5.91 Å². The van der Waals surface area contributed by atoms with Crippen LogP contribution >= 0.6 is 0 Å². The maximum absolute atomic E-state index is 11.8. The monoisotopic (exact) mass is 348 g/mol. The molecule has 2 heterocycles. The van der Waals surface area contributed by atoms with E-state index in [1.807, 2.05) is 54.6 Å². The molecule has 1 aliphatic heterocycles. The first kappa shape index (κ1) is 16.4. The summed E-state index contributed by atoms with van der Waals surface area (Å²) in [6.45, 7) is 1.73. The summed E-state index contributed by atoms with van der Waals surface area (Å²) in [7, 11) is 0. The Bertz CT molecular complexity index is 897. The van der Waals surface area contributed by atoms with Crippen LogP contribution in [0.3, 0.4) is 0 Å². The van der Waals surface area contributed by atoms with Gasteiger partial charge < -0.3 is 20.8 Å². The standard InChI is InChI=1S/C20H20N4O2/c21-19(25)18-17(24-20(26-18)14-10-11-22-12-14)13-6-8-16(9-7-13)23-15-4-2-1-3-5-15/h1-9,14,22-23H,10-12H2,(H2,21,25). The minimum Gasteiger partial charge on any atom is -0.434 e. The Morgan fingerprint density at radius 3 is 2.50 bits per heavy atom. The number of rotatable bonds is 5. The Balaban J connectivity index is 1.61. The molecule has 1 atom stereocenters. The number of amides is 1. The SMILES string of the molecule is NC(=O)c1oc(C2CCNC2)nc1-c1ccc(Nc2ccccc2)cc1. The summed E-state index contributed by atoms with van der Waals surface area (Å²) >= 11 is 0. The number of benzene rings is 2. The molecule has 6 nitrogen and oxygen atoms in total. The van der Waals surface area contributed by atoms with Gasteiger partial charge in [-0.2, -0.15) is 0 Å². The fourth-order valence-corrected chi connectivity index (χ4v) is 3.14. The predicted molar refractivity (Wildman–Crippen MR) is 100 cm³/mol. The van der Waals surface area contributed by atoms with E-state index in [1.54, 1.807) is 0 Å².